The molecule has 0 radical (unpaired) electrons. The van der Waals surface area contributed by atoms with Crippen LogP contribution >= 0.6 is 0 Å². The van der Waals surface area contributed by atoms with E-state index in [0.717, 1.165) is 18.5 Å². The van der Waals surface area contributed by atoms with Crippen molar-refractivity contribution in [2.75, 3.05) is 5.32 Å². The number of nitrogens with zero attached hydrogens (tertiary/aromatic N) is 2. The molecule has 1 amide bonds. The van der Waals surface area contributed by atoms with E-state index in [-0.39, 0.29) is 5.91 Å². The molecule has 0 aliphatic heterocycles. The molecule has 94 valence electrons. The smallest absolute Gasteiger partial charge is 0.258 e. The van der Waals surface area contributed by atoms with Gasteiger partial charge >= 0.3 is 0 Å². The maximum atomic E-state index is 12.0. The number of anilines is 1. The number of nitrogens with one attached hydrogen (secondary N) is 2. The van der Waals surface area contributed by atoms with E-state index in [1.54, 1.807) is 18.3 Å². The number of aromatic amines is 1. The first-order chi connectivity index (χ1) is 8.70. The average Bonchev–Trinajstić information content (AvgIpc) is 2.77. The second-order valence-corrected chi connectivity index (χ2v) is 4.12. The van der Waals surface area contributed by atoms with E-state index in [1.165, 1.54) is 0 Å². The minimum absolute atomic E-state index is 0.185. The molecule has 5 heteroatoms. The lowest BCUT2D eigenvalue weighted by Gasteiger charge is -2.03. The number of pyridine rings is 1. The summed E-state index contributed by atoms with van der Waals surface area (Å²) >= 11 is 0. The lowest BCUT2D eigenvalue weighted by atomic mass is 10.2. The molecule has 2 N–H and O–H groups in total. The van der Waals surface area contributed by atoms with Crippen LogP contribution in [-0.4, -0.2) is 21.1 Å². The van der Waals surface area contributed by atoms with Crippen molar-refractivity contribution in [3.8, 4) is 0 Å². The quantitative estimate of drug-likeness (QED) is 0.867. The molecule has 0 spiro atoms. The molecule has 2 rings (SSSR count). The molecule has 0 saturated heterocycles. The third-order valence-electron chi connectivity index (χ3n) is 2.64. The van der Waals surface area contributed by atoms with Crippen molar-refractivity contribution in [2.24, 2.45) is 0 Å². The van der Waals surface area contributed by atoms with Crippen LogP contribution < -0.4 is 5.32 Å². The maximum absolute atomic E-state index is 12.0. The van der Waals surface area contributed by atoms with E-state index in [1.807, 2.05) is 13.0 Å². The predicted molar refractivity (Wildman–Crippen MR) is 69.5 cm³/mol. The van der Waals surface area contributed by atoms with Crippen molar-refractivity contribution >= 4 is 11.7 Å². The number of aromatic nitrogens is 3. The Hall–Kier alpha value is -2.17. The van der Waals surface area contributed by atoms with Crippen molar-refractivity contribution in [1.29, 1.82) is 0 Å². The number of aryl methyl sites for hydroxylation is 2. The highest BCUT2D eigenvalue weighted by atomic mass is 16.1. The van der Waals surface area contributed by atoms with Crippen molar-refractivity contribution in [3.05, 3.63) is 41.3 Å². The summed E-state index contributed by atoms with van der Waals surface area (Å²) < 4.78 is 0. The van der Waals surface area contributed by atoms with Crippen LogP contribution in [0.25, 0.3) is 0 Å². The maximum Gasteiger partial charge on any atom is 0.258 e. The number of H-pyrrole nitrogens is 1. The topological polar surface area (TPSA) is 70.7 Å². The Morgan fingerprint density at radius 2 is 2.33 bits per heavy atom. The van der Waals surface area contributed by atoms with Gasteiger partial charge in [0, 0.05) is 23.7 Å². The van der Waals surface area contributed by atoms with Gasteiger partial charge in [-0.3, -0.25) is 14.9 Å². The number of carbonyl (C=O) groups excluding carboxylic acids is 1. The lowest BCUT2D eigenvalue weighted by Crippen LogP contribution is -2.14. The van der Waals surface area contributed by atoms with Gasteiger partial charge in [-0.2, -0.15) is 5.10 Å². The second kappa shape index (κ2) is 5.44. The second-order valence-electron chi connectivity index (χ2n) is 4.12. The first-order valence-corrected chi connectivity index (χ1v) is 5.98. The molecule has 0 aliphatic rings. The van der Waals surface area contributed by atoms with E-state index in [4.69, 9.17) is 0 Å². The molecule has 0 unspecified atom stereocenters. The zero-order valence-corrected chi connectivity index (χ0v) is 10.5. The highest BCUT2D eigenvalue weighted by molar-refractivity contribution is 6.04. The molecular formula is C13H16N4O. The molecule has 2 aromatic heterocycles. The molecule has 2 heterocycles. The molecular weight excluding hydrogens is 228 g/mol. The fourth-order valence-corrected chi connectivity index (χ4v) is 1.73. The van der Waals surface area contributed by atoms with Crippen LogP contribution in [0.2, 0.25) is 0 Å². The highest BCUT2D eigenvalue weighted by Crippen LogP contribution is 2.10. The van der Waals surface area contributed by atoms with Gasteiger partial charge in [0.1, 0.15) is 0 Å². The molecule has 2 aromatic rings. The summed E-state index contributed by atoms with van der Waals surface area (Å²) in [5, 5.41) is 9.71. The lowest BCUT2D eigenvalue weighted by molar-refractivity contribution is 0.102. The zero-order chi connectivity index (χ0) is 13.0. The summed E-state index contributed by atoms with van der Waals surface area (Å²) in [5.41, 5.74) is 2.30. The van der Waals surface area contributed by atoms with E-state index < -0.39 is 0 Å². The molecule has 0 bridgehead atoms. The Bertz CT molecular complexity index is 547. The largest absolute Gasteiger partial charge is 0.305 e. The van der Waals surface area contributed by atoms with Gasteiger partial charge in [0.25, 0.3) is 5.91 Å². The van der Waals surface area contributed by atoms with Gasteiger partial charge in [-0.05, 0) is 25.5 Å². The summed E-state index contributed by atoms with van der Waals surface area (Å²) in [6.07, 6.45) is 3.63. The standard InChI is InChI=1S/C13H16N4O/c1-3-5-10-8-12(17-16-10)15-13(18)11-6-4-7-14-9(11)2/h4,6-8H,3,5H2,1-2H3,(H2,15,16,17,18). The van der Waals surface area contributed by atoms with Crippen LogP contribution in [0.3, 0.4) is 0 Å². The number of amides is 1. The zero-order valence-electron chi connectivity index (χ0n) is 10.5. The molecule has 0 fully saturated rings. The van der Waals surface area contributed by atoms with E-state index in [9.17, 15) is 4.79 Å². The van der Waals surface area contributed by atoms with Gasteiger partial charge < -0.3 is 5.32 Å². The number of hydrogen-bond donors (Lipinski definition) is 2. The monoisotopic (exact) mass is 244 g/mol. The van der Waals surface area contributed by atoms with Crippen molar-refractivity contribution in [3.63, 3.8) is 0 Å². The Balaban J connectivity index is 2.09. The Kier molecular flexibility index (Phi) is 3.72. The number of hydrogen-bond acceptors (Lipinski definition) is 3. The van der Waals surface area contributed by atoms with Crippen molar-refractivity contribution < 1.29 is 4.79 Å². The molecule has 0 atom stereocenters. The first kappa shape index (κ1) is 12.3. The first-order valence-electron chi connectivity index (χ1n) is 5.98. The van der Waals surface area contributed by atoms with Gasteiger partial charge in [-0.15, -0.1) is 0 Å². The highest BCUT2D eigenvalue weighted by Gasteiger charge is 2.11. The Morgan fingerprint density at radius 1 is 1.50 bits per heavy atom. The summed E-state index contributed by atoms with van der Waals surface area (Å²) in [6, 6.07) is 5.35. The molecule has 0 saturated carbocycles. The van der Waals surface area contributed by atoms with Crippen molar-refractivity contribution in [2.45, 2.75) is 26.7 Å². The fourth-order valence-electron chi connectivity index (χ4n) is 1.73. The van der Waals surface area contributed by atoms with Crippen LogP contribution in [0, 0.1) is 6.92 Å². The summed E-state index contributed by atoms with van der Waals surface area (Å²) in [7, 11) is 0. The molecule has 5 nitrogen and oxygen atoms in total. The Morgan fingerprint density at radius 3 is 3.06 bits per heavy atom. The number of carbonyl (C=O) groups is 1. The van der Waals surface area contributed by atoms with Gasteiger partial charge in [0.2, 0.25) is 0 Å². The van der Waals surface area contributed by atoms with Crippen LogP contribution in [-0.2, 0) is 6.42 Å². The van der Waals surface area contributed by atoms with Crippen LogP contribution in [0.15, 0.2) is 24.4 Å². The van der Waals surface area contributed by atoms with Crippen LogP contribution in [0.4, 0.5) is 5.82 Å². The number of rotatable bonds is 4. The van der Waals surface area contributed by atoms with Crippen molar-refractivity contribution in [1.82, 2.24) is 15.2 Å². The Labute approximate surface area is 106 Å². The summed E-state index contributed by atoms with van der Waals surface area (Å²) in [6.45, 7) is 3.90. The third kappa shape index (κ3) is 2.74. The van der Waals surface area contributed by atoms with Crippen LogP contribution in [0.5, 0.6) is 0 Å². The minimum Gasteiger partial charge on any atom is -0.305 e. The van der Waals surface area contributed by atoms with Crippen LogP contribution in [0.1, 0.15) is 35.1 Å². The molecule has 0 aliphatic carbocycles. The molecule has 0 aromatic carbocycles. The average molecular weight is 244 g/mol. The summed E-state index contributed by atoms with van der Waals surface area (Å²) in [5.74, 6) is 0.363. The van der Waals surface area contributed by atoms with Gasteiger partial charge in [-0.25, -0.2) is 0 Å². The van der Waals surface area contributed by atoms with Gasteiger partial charge in [0.05, 0.1) is 5.56 Å². The third-order valence-corrected chi connectivity index (χ3v) is 2.64. The van der Waals surface area contributed by atoms with Gasteiger partial charge in [0.15, 0.2) is 5.82 Å². The van der Waals surface area contributed by atoms with E-state index in [0.29, 0.717) is 17.1 Å². The fraction of sp³-hybridized carbons (Fsp3) is 0.308. The predicted octanol–water partition coefficient (Wildman–Crippen LogP) is 2.32. The summed E-state index contributed by atoms with van der Waals surface area (Å²) in [4.78, 5) is 16.1. The van der Waals surface area contributed by atoms with E-state index >= 15 is 0 Å². The van der Waals surface area contributed by atoms with Gasteiger partial charge in [-0.1, -0.05) is 13.3 Å². The molecule has 18 heavy (non-hydrogen) atoms. The normalized spacial score (nSPS) is 10.3. The minimum atomic E-state index is -0.185. The SMILES string of the molecule is CCCc1cc(NC(=O)c2cccnc2C)n[nH]1. The van der Waals surface area contributed by atoms with E-state index in [2.05, 4.69) is 27.4 Å².